The topological polar surface area (TPSA) is 35.5 Å². The molecule has 0 spiro atoms. The standard InChI is InChI=1S/C21H16Br2O3/c1-14-11-17(8-9-18(14)22)25-13-21(24)26-20-10-7-16(12-19(20)23)15-5-3-2-4-6-15/h2-12H,13H2,1H3. The molecule has 0 aliphatic rings. The minimum Gasteiger partial charge on any atom is -0.482 e. The lowest BCUT2D eigenvalue weighted by Crippen LogP contribution is -2.18. The predicted octanol–water partition coefficient (Wildman–Crippen LogP) is 6.17. The molecule has 0 bridgehead atoms. The zero-order chi connectivity index (χ0) is 18.5. The van der Waals surface area contributed by atoms with Gasteiger partial charge in [-0.15, -0.1) is 0 Å². The Hall–Kier alpha value is -2.11. The molecule has 3 rings (SSSR count). The van der Waals surface area contributed by atoms with E-state index in [1.807, 2.05) is 61.5 Å². The molecule has 3 nitrogen and oxygen atoms in total. The van der Waals surface area contributed by atoms with Gasteiger partial charge in [0.05, 0.1) is 4.47 Å². The molecule has 0 saturated heterocycles. The van der Waals surface area contributed by atoms with Crippen molar-refractivity contribution in [3.8, 4) is 22.6 Å². The second-order valence-electron chi connectivity index (χ2n) is 5.68. The van der Waals surface area contributed by atoms with Crippen molar-refractivity contribution in [3.05, 3.63) is 81.2 Å². The molecule has 0 heterocycles. The molecular weight excluding hydrogens is 460 g/mol. The quantitative estimate of drug-likeness (QED) is 0.327. The van der Waals surface area contributed by atoms with E-state index in [4.69, 9.17) is 9.47 Å². The summed E-state index contributed by atoms with van der Waals surface area (Å²) in [6, 6.07) is 21.2. The van der Waals surface area contributed by atoms with E-state index in [1.165, 1.54) is 0 Å². The Kier molecular flexibility index (Phi) is 6.12. The van der Waals surface area contributed by atoms with Gasteiger partial charge in [-0.1, -0.05) is 52.3 Å². The number of benzene rings is 3. The normalized spacial score (nSPS) is 10.4. The van der Waals surface area contributed by atoms with E-state index < -0.39 is 5.97 Å². The molecule has 132 valence electrons. The summed E-state index contributed by atoms with van der Waals surface area (Å²) >= 11 is 6.90. The van der Waals surface area contributed by atoms with Crippen molar-refractivity contribution >= 4 is 37.8 Å². The van der Waals surface area contributed by atoms with Gasteiger partial charge in [0.1, 0.15) is 11.5 Å². The fourth-order valence-corrected chi connectivity index (χ4v) is 3.10. The van der Waals surface area contributed by atoms with Gasteiger partial charge in [0.2, 0.25) is 0 Å². The molecule has 0 fully saturated rings. The summed E-state index contributed by atoms with van der Waals surface area (Å²) in [5, 5.41) is 0. The first kappa shape index (κ1) is 18.7. The minimum absolute atomic E-state index is 0.159. The van der Waals surface area contributed by atoms with E-state index in [0.717, 1.165) is 21.2 Å². The molecule has 0 unspecified atom stereocenters. The lowest BCUT2D eigenvalue weighted by atomic mass is 10.1. The van der Waals surface area contributed by atoms with Gasteiger partial charge in [-0.2, -0.15) is 0 Å². The summed E-state index contributed by atoms with van der Waals surface area (Å²) in [7, 11) is 0. The summed E-state index contributed by atoms with van der Waals surface area (Å²) in [6.45, 7) is 1.80. The third kappa shape index (κ3) is 4.74. The number of carbonyl (C=O) groups is 1. The van der Waals surface area contributed by atoms with Gasteiger partial charge in [-0.05, 0) is 69.9 Å². The number of carbonyl (C=O) groups excluding carboxylic acids is 1. The molecule has 0 saturated carbocycles. The van der Waals surface area contributed by atoms with Crippen LogP contribution in [0.2, 0.25) is 0 Å². The molecule has 3 aromatic rings. The van der Waals surface area contributed by atoms with Gasteiger partial charge in [0, 0.05) is 4.47 Å². The first-order valence-corrected chi connectivity index (χ1v) is 9.56. The lowest BCUT2D eigenvalue weighted by Gasteiger charge is -2.10. The molecule has 26 heavy (non-hydrogen) atoms. The Morgan fingerprint density at radius 1 is 0.885 bits per heavy atom. The highest BCUT2D eigenvalue weighted by Gasteiger charge is 2.11. The molecule has 0 atom stereocenters. The highest BCUT2D eigenvalue weighted by Crippen LogP contribution is 2.31. The molecular formula is C21H16Br2O3. The summed E-state index contributed by atoms with van der Waals surface area (Å²) in [4.78, 5) is 12.1. The summed E-state index contributed by atoms with van der Waals surface area (Å²) < 4.78 is 12.6. The van der Waals surface area contributed by atoms with Gasteiger partial charge in [-0.3, -0.25) is 0 Å². The lowest BCUT2D eigenvalue weighted by molar-refractivity contribution is -0.136. The van der Waals surface area contributed by atoms with Crippen LogP contribution in [0.15, 0.2) is 75.7 Å². The van der Waals surface area contributed by atoms with Gasteiger partial charge in [0.25, 0.3) is 0 Å². The van der Waals surface area contributed by atoms with Crippen molar-refractivity contribution in [1.29, 1.82) is 0 Å². The Labute approximate surface area is 169 Å². The molecule has 0 aromatic heterocycles. The molecule has 0 N–H and O–H groups in total. The fourth-order valence-electron chi connectivity index (χ4n) is 2.40. The zero-order valence-corrected chi connectivity index (χ0v) is 17.2. The fraction of sp³-hybridized carbons (Fsp3) is 0.0952. The first-order valence-electron chi connectivity index (χ1n) is 7.97. The maximum atomic E-state index is 12.1. The monoisotopic (exact) mass is 474 g/mol. The van der Waals surface area contributed by atoms with Crippen LogP contribution in [-0.4, -0.2) is 12.6 Å². The Morgan fingerprint density at radius 3 is 2.35 bits per heavy atom. The van der Waals surface area contributed by atoms with E-state index in [9.17, 15) is 4.79 Å². The Balaban J connectivity index is 1.63. The van der Waals surface area contributed by atoms with E-state index in [0.29, 0.717) is 16.0 Å². The minimum atomic E-state index is -0.460. The molecule has 0 aliphatic carbocycles. The molecule has 5 heteroatoms. The maximum Gasteiger partial charge on any atom is 0.349 e. The van der Waals surface area contributed by atoms with E-state index in [-0.39, 0.29) is 6.61 Å². The second-order valence-corrected chi connectivity index (χ2v) is 7.39. The van der Waals surface area contributed by atoms with Crippen LogP contribution in [0.1, 0.15) is 5.56 Å². The molecule has 0 radical (unpaired) electrons. The summed E-state index contributed by atoms with van der Waals surface area (Å²) in [6.07, 6.45) is 0. The van der Waals surface area contributed by atoms with Crippen LogP contribution in [0.4, 0.5) is 0 Å². The SMILES string of the molecule is Cc1cc(OCC(=O)Oc2ccc(-c3ccccc3)cc2Br)ccc1Br. The molecule has 0 aliphatic heterocycles. The number of esters is 1. The van der Waals surface area contributed by atoms with Crippen molar-refractivity contribution in [3.63, 3.8) is 0 Å². The van der Waals surface area contributed by atoms with Crippen LogP contribution in [0.25, 0.3) is 11.1 Å². The second kappa shape index (κ2) is 8.52. The number of hydrogen-bond acceptors (Lipinski definition) is 3. The summed E-state index contributed by atoms with van der Waals surface area (Å²) in [5.74, 6) is 0.630. The highest BCUT2D eigenvalue weighted by molar-refractivity contribution is 9.10. The highest BCUT2D eigenvalue weighted by atomic mass is 79.9. The van der Waals surface area contributed by atoms with Crippen LogP contribution in [-0.2, 0) is 4.79 Å². The predicted molar refractivity (Wildman–Crippen MR) is 110 cm³/mol. The Bertz CT molecular complexity index is 924. The van der Waals surface area contributed by atoms with Crippen molar-refractivity contribution < 1.29 is 14.3 Å². The van der Waals surface area contributed by atoms with Crippen molar-refractivity contribution in [2.75, 3.05) is 6.61 Å². The average Bonchev–Trinajstić information content (AvgIpc) is 2.65. The van der Waals surface area contributed by atoms with Crippen LogP contribution < -0.4 is 9.47 Å². The number of aryl methyl sites for hydroxylation is 1. The van der Waals surface area contributed by atoms with Crippen molar-refractivity contribution in [2.45, 2.75) is 6.92 Å². The number of rotatable bonds is 5. The Morgan fingerprint density at radius 2 is 1.65 bits per heavy atom. The molecule has 0 amide bonds. The smallest absolute Gasteiger partial charge is 0.349 e. The maximum absolute atomic E-state index is 12.1. The van der Waals surface area contributed by atoms with Gasteiger partial charge in [-0.25, -0.2) is 4.79 Å². The van der Waals surface area contributed by atoms with Crippen LogP contribution >= 0.6 is 31.9 Å². The van der Waals surface area contributed by atoms with Crippen LogP contribution in [0, 0.1) is 6.92 Å². The first-order chi connectivity index (χ1) is 12.5. The van der Waals surface area contributed by atoms with Crippen LogP contribution in [0.3, 0.4) is 0 Å². The average molecular weight is 476 g/mol. The van der Waals surface area contributed by atoms with E-state index in [2.05, 4.69) is 31.9 Å². The summed E-state index contributed by atoms with van der Waals surface area (Å²) in [5.41, 5.74) is 3.17. The third-order valence-electron chi connectivity index (χ3n) is 3.75. The third-order valence-corrected chi connectivity index (χ3v) is 5.26. The number of halogens is 2. The van der Waals surface area contributed by atoms with Crippen molar-refractivity contribution in [1.82, 2.24) is 0 Å². The van der Waals surface area contributed by atoms with Crippen molar-refractivity contribution in [2.24, 2.45) is 0 Å². The largest absolute Gasteiger partial charge is 0.482 e. The van der Waals surface area contributed by atoms with Crippen LogP contribution in [0.5, 0.6) is 11.5 Å². The van der Waals surface area contributed by atoms with E-state index in [1.54, 1.807) is 12.1 Å². The van der Waals surface area contributed by atoms with E-state index >= 15 is 0 Å². The number of hydrogen-bond donors (Lipinski definition) is 0. The zero-order valence-electron chi connectivity index (χ0n) is 14.0. The van der Waals surface area contributed by atoms with Gasteiger partial charge >= 0.3 is 5.97 Å². The molecule has 3 aromatic carbocycles. The number of ether oxygens (including phenoxy) is 2. The van der Waals surface area contributed by atoms with Gasteiger partial charge < -0.3 is 9.47 Å². The van der Waals surface area contributed by atoms with Gasteiger partial charge in [0.15, 0.2) is 6.61 Å².